The van der Waals surface area contributed by atoms with Gasteiger partial charge in [0.2, 0.25) is 0 Å². The molecule has 3 saturated carbocycles. The van der Waals surface area contributed by atoms with E-state index in [1.165, 1.54) is 95.5 Å². The lowest BCUT2D eigenvalue weighted by Crippen LogP contribution is -2.60. The second kappa shape index (κ2) is 20.8. The molecule has 5 aliphatic rings. The van der Waals surface area contributed by atoms with Crippen LogP contribution in [0, 0.1) is 46.3 Å². The number of rotatable bonds is 21. The third kappa shape index (κ3) is 11.0. The molecule has 4 aliphatic carbocycles. The largest absolute Gasteiger partial charge is 0.463 e. The molecular weight excluding hydrogens is 693 g/mol. The summed E-state index contributed by atoms with van der Waals surface area (Å²) in [5.74, 6) is 3.15. The maximum absolute atomic E-state index is 12.5. The molecule has 4 fully saturated rings. The number of ether oxygens (including phenoxy) is 3. The summed E-state index contributed by atoms with van der Waals surface area (Å²) in [6.07, 6.45) is 19.7. The number of carbonyl (C=O) groups is 1. The van der Waals surface area contributed by atoms with E-state index in [2.05, 4.69) is 47.6 Å². The highest BCUT2D eigenvalue weighted by Gasteiger charge is 2.61. The van der Waals surface area contributed by atoms with Gasteiger partial charge in [0.1, 0.15) is 31.0 Å². The minimum absolute atomic E-state index is 0.00156. The van der Waals surface area contributed by atoms with Crippen molar-refractivity contribution in [2.75, 3.05) is 6.61 Å². The third-order valence-corrected chi connectivity index (χ3v) is 15.7. The lowest BCUT2D eigenvalue weighted by atomic mass is 9.46. The molecule has 0 spiro atoms. The van der Waals surface area contributed by atoms with Crippen LogP contribution in [0.15, 0.2) is 11.6 Å². The van der Waals surface area contributed by atoms with E-state index < -0.39 is 36.8 Å². The van der Waals surface area contributed by atoms with Gasteiger partial charge < -0.3 is 34.6 Å². The van der Waals surface area contributed by atoms with E-state index in [-0.39, 0.29) is 30.0 Å². The Hall–Kier alpha value is -1.03. The summed E-state index contributed by atoms with van der Waals surface area (Å²) in [6, 6.07) is 0. The minimum atomic E-state index is -1.48. The Balaban J connectivity index is 1.09. The summed E-state index contributed by atoms with van der Waals surface area (Å²) in [5.41, 5.74) is 1.54. The normalized spacial score (nSPS) is 39.3. The first-order valence-electron chi connectivity index (χ1n) is 23.2. The number of carbonyl (C=O) groups excluding carboxylic acids is 1. The van der Waals surface area contributed by atoms with Crippen molar-refractivity contribution < 1.29 is 39.4 Å². The summed E-state index contributed by atoms with van der Waals surface area (Å²) in [5, 5.41) is 44.2. The van der Waals surface area contributed by atoms with Gasteiger partial charge in [-0.2, -0.15) is 0 Å². The minimum Gasteiger partial charge on any atom is -0.463 e. The molecule has 1 heterocycles. The van der Waals surface area contributed by atoms with Gasteiger partial charge in [-0.1, -0.05) is 137 Å². The maximum atomic E-state index is 12.5. The van der Waals surface area contributed by atoms with Crippen LogP contribution in [-0.4, -0.2) is 75.9 Å². The number of aliphatic hydroxyl groups excluding tert-OH is 4. The van der Waals surface area contributed by atoms with Crippen molar-refractivity contribution in [2.24, 2.45) is 46.3 Å². The predicted octanol–water partition coefficient (Wildman–Crippen LogP) is 9.44. The Bertz CT molecular complexity index is 1210. The second-order valence-electron chi connectivity index (χ2n) is 19.9. The first-order valence-corrected chi connectivity index (χ1v) is 23.2. The second-order valence-corrected chi connectivity index (χ2v) is 19.9. The molecule has 0 radical (unpaired) electrons. The van der Waals surface area contributed by atoms with Crippen LogP contribution in [0.4, 0.5) is 0 Å². The highest BCUT2D eigenvalue weighted by Crippen LogP contribution is 2.67. The lowest BCUT2D eigenvalue weighted by molar-refractivity contribution is -0.313. The summed E-state index contributed by atoms with van der Waals surface area (Å²) < 4.78 is 17.9. The first-order chi connectivity index (χ1) is 26.3. The van der Waals surface area contributed by atoms with Crippen molar-refractivity contribution in [1.29, 1.82) is 0 Å². The Labute approximate surface area is 334 Å². The molecule has 5 rings (SSSR count). The molecule has 0 aromatic carbocycles. The van der Waals surface area contributed by atoms with Crippen molar-refractivity contribution in [3.63, 3.8) is 0 Å². The van der Waals surface area contributed by atoms with Crippen molar-refractivity contribution >= 4 is 5.97 Å². The number of aliphatic hydroxyl groups is 4. The van der Waals surface area contributed by atoms with E-state index in [1.807, 2.05) is 0 Å². The zero-order valence-electron chi connectivity index (χ0n) is 35.8. The molecule has 0 unspecified atom stereocenters. The van der Waals surface area contributed by atoms with Crippen molar-refractivity contribution in [3.8, 4) is 0 Å². The average Bonchev–Trinajstić information content (AvgIpc) is 3.51. The predicted molar refractivity (Wildman–Crippen MR) is 218 cm³/mol. The van der Waals surface area contributed by atoms with Crippen LogP contribution >= 0.6 is 0 Å². The number of hydrogen-bond acceptors (Lipinski definition) is 8. The summed E-state index contributed by atoms with van der Waals surface area (Å²) >= 11 is 0. The van der Waals surface area contributed by atoms with Gasteiger partial charge >= 0.3 is 5.97 Å². The zero-order chi connectivity index (χ0) is 39.8. The standard InChI is InChI=1S/C47H82O8/c1-7-8-9-10-11-12-13-14-15-16-17-21-40(49)53-30-39-42(50)43(51)44(52)45(55-39)54-34-24-26-46(5)33(28-34)29-38(48)41-36-23-22-35(32(4)20-18-19-31(2)3)47(36,6)27-25-37(41)46/h29,31-32,34-39,41-45,48,50-52H,7-28,30H2,1-6H3/t32-,34+,35-,36+,37+,38+,39-,41+,42-,43-,44-,45+,46+,47-/m1/s1. The Morgan fingerprint density at radius 3 is 2.15 bits per heavy atom. The molecule has 4 N–H and O–H groups in total. The zero-order valence-corrected chi connectivity index (χ0v) is 35.8. The summed E-state index contributed by atoms with van der Waals surface area (Å²) in [4.78, 5) is 12.5. The topological polar surface area (TPSA) is 126 Å². The van der Waals surface area contributed by atoms with Crippen molar-refractivity contribution in [1.82, 2.24) is 0 Å². The SMILES string of the molecule is CCCCCCCCCCCCCC(=O)OC[C@H]1O[C@H](O[C@H]2CC[C@@]3(C)C(=C[C@H](O)[C@H]4[C@@H]5CC[C@H]([C@H](C)CCCC(C)C)[C@@]5(C)CC[C@@H]43)C2)[C@H](O)[C@H](O)[C@@H]1O. The quantitative estimate of drug-likeness (QED) is 0.0517. The van der Waals surface area contributed by atoms with Gasteiger partial charge in [0.05, 0.1) is 12.2 Å². The van der Waals surface area contributed by atoms with Crippen LogP contribution in [0.1, 0.15) is 183 Å². The molecule has 1 saturated heterocycles. The van der Waals surface area contributed by atoms with Gasteiger partial charge in [-0.3, -0.25) is 4.79 Å². The molecule has 55 heavy (non-hydrogen) atoms. The van der Waals surface area contributed by atoms with Gasteiger partial charge in [0, 0.05) is 6.42 Å². The van der Waals surface area contributed by atoms with Gasteiger partial charge in [0.15, 0.2) is 6.29 Å². The summed E-state index contributed by atoms with van der Waals surface area (Å²) in [7, 11) is 0. The van der Waals surface area contributed by atoms with Crippen LogP contribution in [0.25, 0.3) is 0 Å². The van der Waals surface area contributed by atoms with Gasteiger partial charge in [-0.15, -0.1) is 0 Å². The number of hydrogen-bond donors (Lipinski definition) is 4. The van der Waals surface area contributed by atoms with E-state index >= 15 is 0 Å². The monoisotopic (exact) mass is 775 g/mol. The lowest BCUT2D eigenvalue weighted by Gasteiger charge is -2.59. The van der Waals surface area contributed by atoms with Crippen LogP contribution < -0.4 is 0 Å². The molecule has 1 aliphatic heterocycles. The Kier molecular flexibility index (Phi) is 17.0. The molecule has 318 valence electrons. The molecular formula is C47H82O8. The molecule has 0 bridgehead atoms. The van der Waals surface area contributed by atoms with Gasteiger partial charge in [0.25, 0.3) is 0 Å². The smallest absolute Gasteiger partial charge is 0.305 e. The maximum Gasteiger partial charge on any atom is 0.305 e. The summed E-state index contributed by atoms with van der Waals surface area (Å²) in [6.45, 7) is 14.1. The van der Waals surface area contributed by atoms with E-state index in [4.69, 9.17) is 14.2 Å². The van der Waals surface area contributed by atoms with Crippen LogP contribution in [0.5, 0.6) is 0 Å². The van der Waals surface area contributed by atoms with Gasteiger partial charge in [-0.25, -0.2) is 0 Å². The number of esters is 1. The molecule has 0 aromatic heterocycles. The van der Waals surface area contributed by atoms with Crippen LogP contribution in [0.2, 0.25) is 0 Å². The molecule has 14 atom stereocenters. The fraction of sp³-hybridized carbons (Fsp3) is 0.936. The molecule has 8 nitrogen and oxygen atoms in total. The highest BCUT2D eigenvalue weighted by molar-refractivity contribution is 5.69. The molecule has 0 aromatic rings. The van der Waals surface area contributed by atoms with E-state index in [9.17, 15) is 25.2 Å². The van der Waals surface area contributed by atoms with E-state index in [0.717, 1.165) is 56.3 Å². The van der Waals surface area contributed by atoms with Crippen LogP contribution in [-0.2, 0) is 19.0 Å². The Morgan fingerprint density at radius 1 is 0.800 bits per heavy atom. The Morgan fingerprint density at radius 2 is 1.47 bits per heavy atom. The fourth-order valence-electron chi connectivity index (χ4n) is 12.3. The molecule has 0 amide bonds. The van der Waals surface area contributed by atoms with Crippen LogP contribution in [0.3, 0.4) is 0 Å². The van der Waals surface area contributed by atoms with E-state index in [0.29, 0.717) is 30.1 Å². The molecule has 8 heteroatoms. The highest BCUT2D eigenvalue weighted by atomic mass is 16.7. The van der Waals surface area contributed by atoms with E-state index in [1.54, 1.807) is 0 Å². The number of fused-ring (bicyclic) bond motifs is 5. The number of unbranched alkanes of at least 4 members (excludes halogenated alkanes) is 10. The van der Waals surface area contributed by atoms with Crippen molar-refractivity contribution in [3.05, 3.63) is 11.6 Å². The van der Waals surface area contributed by atoms with Crippen molar-refractivity contribution in [2.45, 2.75) is 226 Å². The average molecular weight is 775 g/mol. The fourth-order valence-corrected chi connectivity index (χ4v) is 12.3. The van der Waals surface area contributed by atoms with Gasteiger partial charge in [-0.05, 0) is 97.7 Å². The first kappa shape index (κ1) is 45.1. The third-order valence-electron chi connectivity index (χ3n) is 15.7.